The van der Waals surface area contributed by atoms with Gasteiger partial charge in [-0.05, 0) is 63.1 Å². The second-order valence-electron chi connectivity index (χ2n) is 5.89. The first-order valence-corrected chi connectivity index (χ1v) is 10.4. The Bertz CT molecular complexity index is 1050. The van der Waals surface area contributed by atoms with Crippen LogP contribution in [0.4, 0.5) is 4.79 Å². The lowest BCUT2D eigenvalue weighted by Gasteiger charge is -2.13. The highest BCUT2D eigenvalue weighted by Gasteiger charge is 2.35. The van der Waals surface area contributed by atoms with E-state index in [0.717, 1.165) is 11.8 Å². The minimum atomic E-state index is -0.373. The average molecular weight is 493 g/mol. The minimum Gasteiger partial charge on any atom is -0.493 e. The summed E-state index contributed by atoms with van der Waals surface area (Å²) in [5.74, 6) is 2.95. The highest BCUT2D eigenvalue weighted by atomic mass is 79.9. The van der Waals surface area contributed by atoms with Gasteiger partial charge in [0.25, 0.3) is 11.1 Å². The Morgan fingerprint density at radius 3 is 2.76 bits per heavy atom. The van der Waals surface area contributed by atoms with Crippen LogP contribution < -0.4 is 9.47 Å². The predicted molar refractivity (Wildman–Crippen MR) is 118 cm³/mol. The van der Waals surface area contributed by atoms with Crippen LogP contribution in [0, 0.1) is 12.3 Å². The average Bonchev–Trinajstić information content (AvgIpc) is 2.95. The summed E-state index contributed by atoms with van der Waals surface area (Å²) in [5.41, 5.74) is 1.38. The van der Waals surface area contributed by atoms with Crippen molar-refractivity contribution in [2.45, 2.75) is 6.54 Å². The molecule has 0 radical (unpaired) electrons. The Hall–Kier alpha value is -2.40. The molecule has 1 fully saturated rings. The van der Waals surface area contributed by atoms with E-state index in [1.165, 1.54) is 12.0 Å². The van der Waals surface area contributed by atoms with E-state index in [1.54, 1.807) is 36.4 Å². The zero-order valence-corrected chi connectivity index (χ0v) is 18.4. The van der Waals surface area contributed by atoms with Crippen LogP contribution in [0.3, 0.4) is 0 Å². The number of nitrogens with zero attached hydrogens (tertiary/aromatic N) is 1. The molecule has 0 N–H and O–H groups in total. The van der Waals surface area contributed by atoms with E-state index in [-0.39, 0.29) is 24.3 Å². The van der Waals surface area contributed by atoms with E-state index in [0.29, 0.717) is 37.0 Å². The molecule has 0 aromatic heterocycles. The van der Waals surface area contributed by atoms with Crippen LogP contribution in [0.15, 0.2) is 45.8 Å². The molecule has 0 atom stereocenters. The van der Waals surface area contributed by atoms with E-state index in [4.69, 9.17) is 27.5 Å². The number of thioether (sulfide) groups is 1. The summed E-state index contributed by atoms with van der Waals surface area (Å²) in [6.45, 7) is 0.211. The van der Waals surface area contributed by atoms with Gasteiger partial charge in [-0.15, -0.1) is 6.42 Å². The van der Waals surface area contributed by atoms with Crippen LogP contribution in [-0.4, -0.2) is 29.8 Å². The summed E-state index contributed by atoms with van der Waals surface area (Å²) in [6.07, 6.45) is 6.87. The third-order valence-electron chi connectivity index (χ3n) is 4.01. The number of hydrogen-bond donors (Lipinski definition) is 0. The molecule has 0 spiro atoms. The number of imide groups is 1. The van der Waals surface area contributed by atoms with Gasteiger partial charge in [0.15, 0.2) is 11.5 Å². The van der Waals surface area contributed by atoms with Crippen molar-refractivity contribution in [3.63, 3.8) is 0 Å². The lowest BCUT2D eigenvalue weighted by molar-refractivity contribution is -0.123. The zero-order chi connectivity index (χ0) is 21.0. The number of methoxy groups -OCH3 is 1. The fraction of sp³-hybridized carbons (Fsp3) is 0.143. The number of hydrogen-bond acceptors (Lipinski definition) is 5. The monoisotopic (exact) mass is 491 g/mol. The lowest BCUT2D eigenvalue weighted by Crippen LogP contribution is -2.27. The second-order valence-corrected chi connectivity index (χ2v) is 8.14. The van der Waals surface area contributed by atoms with Gasteiger partial charge >= 0.3 is 0 Å². The van der Waals surface area contributed by atoms with E-state index in [9.17, 15) is 9.59 Å². The first-order chi connectivity index (χ1) is 13.9. The fourth-order valence-corrected chi connectivity index (χ4v) is 4.27. The molecule has 1 saturated heterocycles. The van der Waals surface area contributed by atoms with Gasteiger partial charge in [0.1, 0.15) is 6.61 Å². The molecule has 1 heterocycles. The first-order valence-electron chi connectivity index (χ1n) is 8.37. The van der Waals surface area contributed by atoms with E-state index >= 15 is 0 Å². The number of benzene rings is 2. The fourth-order valence-electron chi connectivity index (χ4n) is 2.66. The molecule has 1 aliphatic rings. The predicted octanol–water partition coefficient (Wildman–Crippen LogP) is 5.36. The van der Waals surface area contributed by atoms with E-state index in [1.807, 2.05) is 6.07 Å². The van der Waals surface area contributed by atoms with E-state index < -0.39 is 0 Å². The zero-order valence-electron chi connectivity index (χ0n) is 15.3. The Morgan fingerprint density at radius 1 is 1.31 bits per heavy atom. The molecular weight excluding hydrogens is 478 g/mol. The van der Waals surface area contributed by atoms with Crippen molar-refractivity contribution >= 4 is 56.5 Å². The van der Waals surface area contributed by atoms with Crippen molar-refractivity contribution in [1.29, 1.82) is 0 Å². The van der Waals surface area contributed by atoms with Crippen molar-refractivity contribution in [3.8, 4) is 23.8 Å². The van der Waals surface area contributed by atoms with Crippen molar-refractivity contribution in [1.82, 2.24) is 4.90 Å². The van der Waals surface area contributed by atoms with Crippen molar-refractivity contribution in [2.75, 3.05) is 13.7 Å². The normalized spacial score (nSPS) is 15.0. The van der Waals surface area contributed by atoms with Gasteiger partial charge in [-0.3, -0.25) is 14.5 Å². The molecule has 2 aromatic rings. The maximum atomic E-state index is 12.8. The number of rotatable bonds is 6. The summed E-state index contributed by atoms with van der Waals surface area (Å²) >= 11 is 10.5. The van der Waals surface area contributed by atoms with Crippen molar-refractivity contribution in [2.24, 2.45) is 0 Å². The largest absolute Gasteiger partial charge is 0.493 e. The van der Waals surface area contributed by atoms with Crippen LogP contribution in [-0.2, 0) is 11.3 Å². The third-order valence-corrected chi connectivity index (χ3v) is 5.87. The minimum absolute atomic E-state index is 0.0925. The molecular formula is C21H15BrClNO4S. The second kappa shape index (κ2) is 9.40. The molecule has 8 heteroatoms. The van der Waals surface area contributed by atoms with Gasteiger partial charge in [-0.2, -0.15) is 0 Å². The Kier molecular flexibility index (Phi) is 6.91. The number of carbonyl (C=O) groups excluding carboxylic acids is 2. The highest BCUT2D eigenvalue weighted by molar-refractivity contribution is 9.10. The van der Waals surface area contributed by atoms with Crippen LogP contribution in [0.5, 0.6) is 11.5 Å². The molecule has 1 aliphatic heterocycles. The molecule has 148 valence electrons. The standard InChI is InChI=1S/C21H15BrClNO4S/c1-3-8-28-19-15(22)9-13(10-17(19)27-2)11-18-20(25)24(21(26)29-18)12-14-6-4-5-7-16(14)23/h1,4-7,9-11H,8,12H2,2H3/b18-11-. The molecule has 0 unspecified atom stereocenters. The topological polar surface area (TPSA) is 55.8 Å². The van der Waals surface area contributed by atoms with Gasteiger partial charge in [0, 0.05) is 5.02 Å². The molecule has 29 heavy (non-hydrogen) atoms. The summed E-state index contributed by atoms with van der Waals surface area (Å²) < 4.78 is 11.5. The highest BCUT2D eigenvalue weighted by Crippen LogP contribution is 2.39. The Labute approximate surface area is 186 Å². The molecule has 2 aromatic carbocycles. The number of carbonyl (C=O) groups is 2. The summed E-state index contributed by atoms with van der Waals surface area (Å²) in [7, 11) is 1.51. The number of ether oxygens (including phenoxy) is 2. The maximum absolute atomic E-state index is 12.8. The van der Waals surface area contributed by atoms with Gasteiger partial charge in [-0.1, -0.05) is 35.7 Å². The van der Waals surface area contributed by atoms with Crippen LogP contribution in [0.2, 0.25) is 5.02 Å². The van der Waals surface area contributed by atoms with Crippen LogP contribution >= 0.6 is 39.3 Å². The number of terminal acetylenes is 1. The van der Waals surface area contributed by atoms with Gasteiger partial charge in [0.05, 0.1) is 23.0 Å². The van der Waals surface area contributed by atoms with Crippen molar-refractivity contribution < 1.29 is 19.1 Å². The third kappa shape index (κ3) is 4.78. The molecule has 3 rings (SSSR count). The number of halogens is 2. The van der Waals surface area contributed by atoms with Gasteiger partial charge in [-0.25, -0.2) is 0 Å². The van der Waals surface area contributed by atoms with Crippen LogP contribution in [0.1, 0.15) is 11.1 Å². The molecule has 2 amide bonds. The molecule has 0 aliphatic carbocycles. The Balaban J connectivity index is 1.87. The van der Waals surface area contributed by atoms with Crippen molar-refractivity contribution in [3.05, 3.63) is 61.9 Å². The molecule has 0 saturated carbocycles. The maximum Gasteiger partial charge on any atom is 0.293 e. The Morgan fingerprint density at radius 2 is 2.07 bits per heavy atom. The SMILES string of the molecule is C#CCOc1c(Br)cc(/C=C2\SC(=O)N(Cc3ccccc3Cl)C2=O)cc1OC. The first kappa shape index (κ1) is 21.3. The quantitative estimate of drug-likeness (QED) is 0.401. The van der Waals surface area contributed by atoms with Gasteiger partial charge in [0.2, 0.25) is 0 Å². The number of amides is 2. The summed E-state index contributed by atoms with van der Waals surface area (Å²) in [6, 6.07) is 10.6. The lowest BCUT2D eigenvalue weighted by atomic mass is 10.1. The van der Waals surface area contributed by atoms with Crippen LogP contribution in [0.25, 0.3) is 6.08 Å². The molecule has 5 nitrogen and oxygen atoms in total. The van der Waals surface area contributed by atoms with E-state index in [2.05, 4.69) is 21.9 Å². The summed E-state index contributed by atoms with van der Waals surface area (Å²) in [4.78, 5) is 26.6. The smallest absolute Gasteiger partial charge is 0.293 e. The molecule has 0 bridgehead atoms. The van der Waals surface area contributed by atoms with Gasteiger partial charge < -0.3 is 9.47 Å². The summed E-state index contributed by atoms with van der Waals surface area (Å²) in [5, 5.41) is 0.160.